The number of aliphatic imine (C=N–C) groups is 1. The van der Waals surface area contributed by atoms with Gasteiger partial charge in [-0.05, 0) is 37.1 Å². The number of nitrogens with zero attached hydrogens (tertiary/aromatic N) is 3. The van der Waals surface area contributed by atoms with Gasteiger partial charge in [-0.15, -0.1) is 0 Å². The summed E-state index contributed by atoms with van der Waals surface area (Å²) in [7, 11) is -3.65. The van der Waals surface area contributed by atoms with Gasteiger partial charge >= 0.3 is 0 Å². The number of hydrogen-bond donors (Lipinski definition) is 2. The monoisotopic (exact) mass is 439 g/mol. The summed E-state index contributed by atoms with van der Waals surface area (Å²) in [6.07, 6.45) is 0. The number of imidazole rings is 1. The van der Waals surface area contributed by atoms with E-state index in [-0.39, 0.29) is 22.6 Å². The average Bonchev–Trinajstić information content (AvgIpc) is 3.19. The molecule has 0 unspecified atom stereocenters. The molecule has 2 aromatic carbocycles. The minimum atomic E-state index is -3.65. The van der Waals surface area contributed by atoms with Gasteiger partial charge in [0.15, 0.2) is 0 Å². The van der Waals surface area contributed by atoms with Crippen molar-refractivity contribution in [1.82, 2.24) is 19.6 Å². The van der Waals surface area contributed by atoms with Gasteiger partial charge in [0.05, 0.1) is 15.9 Å². The molecule has 2 N–H and O–H groups in total. The number of aromatic nitrogens is 2. The van der Waals surface area contributed by atoms with Gasteiger partial charge in [0, 0.05) is 18.7 Å². The second kappa shape index (κ2) is 8.14. The Hall–Kier alpha value is -3.20. The summed E-state index contributed by atoms with van der Waals surface area (Å²) in [5, 5.41) is 2.94. The molecule has 0 fully saturated rings. The van der Waals surface area contributed by atoms with Crippen LogP contribution in [0, 0.1) is 12.8 Å². The number of carbonyl (C=O) groups excluding carboxylic acids is 1. The third-order valence-corrected chi connectivity index (χ3v) is 6.71. The molecule has 1 aromatic heterocycles. The van der Waals surface area contributed by atoms with Crippen molar-refractivity contribution < 1.29 is 13.2 Å². The number of benzene rings is 2. The number of para-hydroxylation sites is 2. The summed E-state index contributed by atoms with van der Waals surface area (Å²) < 4.78 is 29.2. The van der Waals surface area contributed by atoms with Crippen LogP contribution in [0.3, 0.4) is 0 Å². The molecule has 1 atom stereocenters. The van der Waals surface area contributed by atoms with E-state index in [1.807, 2.05) is 45.0 Å². The first-order chi connectivity index (χ1) is 14.8. The Morgan fingerprint density at radius 3 is 2.65 bits per heavy atom. The molecule has 0 aliphatic carbocycles. The number of aryl methyl sites for hydroxylation is 1. The van der Waals surface area contributed by atoms with Gasteiger partial charge in [0.25, 0.3) is 10.0 Å². The second-order valence-corrected chi connectivity index (χ2v) is 9.51. The predicted octanol–water partition coefficient (Wildman–Crippen LogP) is 2.22. The number of nitrogens with one attached hydrogen (secondary N) is 2. The van der Waals surface area contributed by atoms with Crippen LogP contribution in [0.1, 0.15) is 25.2 Å². The topological polar surface area (TPSA) is 105 Å². The lowest BCUT2D eigenvalue weighted by Crippen LogP contribution is -2.39. The molecule has 31 heavy (non-hydrogen) atoms. The zero-order valence-corrected chi connectivity index (χ0v) is 18.5. The molecule has 0 radical (unpaired) electrons. The Bertz CT molecular complexity index is 1280. The van der Waals surface area contributed by atoms with Crippen molar-refractivity contribution in [3.8, 4) is 0 Å². The summed E-state index contributed by atoms with van der Waals surface area (Å²) in [6.45, 7) is 6.70. The molecule has 0 saturated heterocycles. The van der Waals surface area contributed by atoms with E-state index in [1.165, 1.54) is 6.07 Å². The molecular weight excluding hydrogens is 414 g/mol. The highest BCUT2D eigenvalue weighted by atomic mass is 32.2. The summed E-state index contributed by atoms with van der Waals surface area (Å²) in [4.78, 5) is 22.1. The number of carbonyl (C=O) groups is 1. The third-order valence-electron chi connectivity index (χ3n) is 5.31. The zero-order valence-electron chi connectivity index (χ0n) is 17.7. The smallest absolute Gasteiger partial charge is 0.263 e. The Morgan fingerprint density at radius 1 is 1.16 bits per heavy atom. The van der Waals surface area contributed by atoms with Crippen LogP contribution in [0.25, 0.3) is 11.0 Å². The number of amidine groups is 1. The van der Waals surface area contributed by atoms with Crippen molar-refractivity contribution in [2.75, 3.05) is 6.54 Å². The van der Waals surface area contributed by atoms with E-state index in [4.69, 9.17) is 0 Å². The van der Waals surface area contributed by atoms with Crippen molar-refractivity contribution in [3.05, 3.63) is 59.9 Å². The zero-order chi connectivity index (χ0) is 22.2. The molecule has 2 heterocycles. The highest BCUT2D eigenvalue weighted by Gasteiger charge is 2.32. The van der Waals surface area contributed by atoms with E-state index >= 15 is 0 Å². The molecule has 1 aliphatic rings. The molecule has 162 valence electrons. The van der Waals surface area contributed by atoms with Crippen LogP contribution in [0.2, 0.25) is 0 Å². The van der Waals surface area contributed by atoms with Gasteiger partial charge in [-0.3, -0.25) is 14.5 Å². The lowest BCUT2D eigenvalue weighted by Gasteiger charge is -2.18. The molecule has 0 spiro atoms. The lowest BCUT2D eigenvalue weighted by molar-refractivity contribution is -0.123. The Labute approximate surface area is 181 Å². The van der Waals surface area contributed by atoms with Gasteiger partial charge in [0.1, 0.15) is 17.7 Å². The molecule has 9 heteroatoms. The quantitative estimate of drug-likeness (QED) is 0.614. The van der Waals surface area contributed by atoms with Crippen LogP contribution in [0.15, 0.2) is 58.4 Å². The van der Waals surface area contributed by atoms with Crippen molar-refractivity contribution >= 4 is 32.8 Å². The van der Waals surface area contributed by atoms with Crippen LogP contribution in [0.4, 0.5) is 0 Å². The molecule has 4 rings (SSSR count). The SMILES string of the molecule is Cc1nc2ccccc2n1CCNC(=O)[C@@H](N=C1NS(=O)(=O)c2ccccc21)C(C)C. The van der Waals surface area contributed by atoms with Crippen LogP contribution >= 0.6 is 0 Å². The second-order valence-electron chi connectivity index (χ2n) is 7.86. The highest BCUT2D eigenvalue weighted by molar-refractivity contribution is 7.90. The molecule has 0 bridgehead atoms. The van der Waals surface area contributed by atoms with Crippen LogP contribution in [0.5, 0.6) is 0 Å². The van der Waals surface area contributed by atoms with E-state index in [9.17, 15) is 13.2 Å². The number of rotatable bonds is 6. The van der Waals surface area contributed by atoms with Crippen molar-refractivity contribution in [2.45, 2.75) is 38.3 Å². The number of amides is 1. The van der Waals surface area contributed by atoms with Gasteiger partial charge in [0.2, 0.25) is 5.91 Å². The number of hydrogen-bond acceptors (Lipinski definition) is 5. The Morgan fingerprint density at radius 2 is 1.87 bits per heavy atom. The maximum Gasteiger partial charge on any atom is 0.263 e. The maximum atomic E-state index is 12.9. The number of fused-ring (bicyclic) bond motifs is 2. The van der Waals surface area contributed by atoms with E-state index in [2.05, 4.69) is 24.6 Å². The van der Waals surface area contributed by atoms with Crippen molar-refractivity contribution in [1.29, 1.82) is 0 Å². The fraction of sp³-hybridized carbons (Fsp3) is 0.318. The first-order valence-corrected chi connectivity index (χ1v) is 11.7. The molecule has 8 nitrogen and oxygen atoms in total. The summed E-state index contributed by atoms with van der Waals surface area (Å²) in [5.41, 5.74) is 2.43. The van der Waals surface area contributed by atoms with Crippen molar-refractivity contribution in [3.63, 3.8) is 0 Å². The Balaban J connectivity index is 1.50. The van der Waals surface area contributed by atoms with E-state index in [0.29, 0.717) is 18.7 Å². The molecule has 1 aliphatic heterocycles. The maximum absolute atomic E-state index is 12.9. The van der Waals surface area contributed by atoms with Crippen LogP contribution in [-0.4, -0.2) is 42.3 Å². The van der Waals surface area contributed by atoms with E-state index in [0.717, 1.165) is 16.9 Å². The number of sulfonamides is 1. The summed E-state index contributed by atoms with van der Waals surface area (Å²) in [6, 6.07) is 13.8. The Kier molecular flexibility index (Phi) is 5.53. The molecule has 1 amide bonds. The molecule has 3 aromatic rings. The highest BCUT2D eigenvalue weighted by Crippen LogP contribution is 2.23. The van der Waals surface area contributed by atoms with Crippen molar-refractivity contribution in [2.24, 2.45) is 10.9 Å². The first-order valence-electron chi connectivity index (χ1n) is 10.2. The first kappa shape index (κ1) is 21.0. The van der Waals surface area contributed by atoms with Crippen LogP contribution < -0.4 is 10.0 Å². The van der Waals surface area contributed by atoms with Gasteiger partial charge in [-0.2, -0.15) is 0 Å². The average molecular weight is 440 g/mol. The van der Waals surface area contributed by atoms with Gasteiger partial charge < -0.3 is 9.88 Å². The van der Waals surface area contributed by atoms with E-state index in [1.54, 1.807) is 18.2 Å². The fourth-order valence-electron chi connectivity index (χ4n) is 3.75. The minimum Gasteiger partial charge on any atom is -0.352 e. The summed E-state index contributed by atoms with van der Waals surface area (Å²) in [5.74, 6) is 0.739. The standard InChI is InChI=1S/C22H25N5O3S/c1-14(2)20(25-21-16-8-4-7-11-19(16)31(29,30)26-21)22(28)23-12-13-27-15(3)24-17-9-5-6-10-18(17)27/h4-11,14,20H,12-13H2,1-3H3,(H,23,28)(H,25,26)/t20-/m0/s1. The summed E-state index contributed by atoms with van der Waals surface area (Å²) >= 11 is 0. The minimum absolute atomic E-state index is 0.111. The van der Waals surface area contributed by atoms with E-state index < -0.39 is 16.1 Å². The van der Waals surface area contributed by atoms with Gasteiger partial charge in [-0.25, -0.2) is 13.4 Å². The third kappa shape index (κ3) is 4.05. The van der Waals surface area contributed by atoms with Crippen LogP contribution in [-0.2, 0) is 21.4 Å². The molecule has 0 saturated carbocycles. The lowest BCUT2D eigenvalue weighted by atomic mass is 10.0. The van der Waals surface area contributed by atoms with Gasteiger partial charge in [-0.1, -0.05) is 38.1 Å². The normalized spacial score (nSPS) is 17.0. The predicted molar refractivity (Wildman–Crippen MR) is 119 cm³/mol. The largest absolute Gasteiger partial charge is 0.352 e. The fourth-order valence-corrected chi connectivity index (χ4v) is 4.99. The molecular formula is C22H25N5O3S.